The van der Waals surface area contributed by atoms with Gasteiger partial charge >= 0.3 is 19.8 Å². The molecule has 2 unspecified atom stereocenters. The fourth-order valence-corrected chi connectivity index (χ4v) is 7.29. The molecule has 0 aromatic carbocycles. The van der Waals surface area contributed by atoms with Crippen molar-refractivity contribution in [2.75, 3.05) is 47.5 Å². The van der Waals surface area contributed by atoms with Crippen LogP contribution in [-0.4, -0.2) is 74.9 Å². The lowest BCUT2D eigenvalue weighted by Crippen LogP contribution is -2.37. The zero-order valence-electron chi connectivity index (χ0n) is 36.6. The normalized spacial score (nSPS) is 13.3. The molecule has 0 fully saturated rings. The highest BCUT2D eigenvalue weighted by Crippen LogP contribution is 2.43. The van der Waals surface area contributed by atoms with E-state index in [0.717, 1.165) is 38.5 Å². The smallest absolute Gasteiger partial charge is 0.462 e. The van der Waals surface area contributed by atoms with E-state index in [-0.39, 0.29) is 38.0 Å². The number of ether oxygens (including phenoxy) is 2. The molecule has 9 nitrogen and oxygen atoms in total. The van der Waals surface area contributed by atoms with E-state index in [1.165, 1.54) is 154 Å². The summed E-state index contributed by atoms with van der Waals surface area (Å²) in [7, 11) is 1.49. The Morgan fingerprint density at radius 3 is 1.18 bits per heavy atom. The summed E-state index contributed by atoms with van der Waals surface area (Å²) >= 11 is 0. The third-order valence-corrected chi connectivity index (χ3v) is 11.1. The predicted octanol–water partition coefficient (Wildman–Crippen LogP) is 13.2. The molecule has 0 saturated carbocycles. The van der Waals surface area contributed by atoms with Gasteiger partial charge in [-0.05, 0) is 12.8 Å². The molecule has 0 rings (SSSR count). The van der Waals surface area contributed by atoms with Gasteiger partial charge in [-0.15, -0.1) is 12.4 Å². The summed E-state index contributed by atoms with van der Waals surface area (Å²) in [5.41, 5.74) is 0. The molecule has 0 aliphatic heterocycles. The lowest BCUT2D eigenvalue weighted by atomic mass is 10.0. The Bertz CT molecular complexity index is 904. The van der Waals surface area contributed by atoms with Crippen molar-refractivity contribution in [3.8, 4) is 0 Å². The van der Waals surface area contributed by atoms with Gasteiger partial charge in [0.05, 0.1) is 27.7 Å². The summed E-state index contributed by atoms with van der Waals surface area (Å²) in [6.07, 6.45) is 37.1. The second-order valence-electron chi connectivity index (χ2n) is 16.8. The highest BCUT2D eigenvalue weighted by molar-refractivity contribution is 7.47. The van der Waals surface area contributed by atoms with Gasteiger partial charge in [-0.25, -0.2) is 4.57 Å². The summed E-state index contributed by atoms with van der Waals surface area (Å²) in [6, 6.07) is 0. The van der Waals surface area contributed by atoms with Crippen LogP contribution in [0.25, 0.3) is 0 Å². The standard InChI is InChI=1S/C44H88NO8P.ClH/c1-6-8-10-12-14-16-18-20-22-24-26-28-30-32-34-36-43(46)50-40-42(41-52-54(48,49)51-39-38-45(3,4)5)53-44(47)37-35-33-31-29-27-25-23-21-19-17-15-13-11-9-7-2;/h42H,6-41H2,1-5H3;1H/p+1. The van der Waals surface area contributed by atoms with Gasteiger partial charge in [-0.1, -0.05) is 194 Å². The molecule has 0 saturated heterocycles. The fraction of sp³-hybridized carbons (Fsp3) is 0.955. The molecule has 0 amide bonds. The number of hydrogen-bond donors (Lipinski definition) is 1. The van der Waals surface area contributed by atoms with Gasteiger partial charge in [-0.2, -0.15) is 0 Å². The lowest BCUT2D eigenvalue weighted by molar-refractivity contribution is -0.870. The Balaban J connectivity index is 0. The van der Waals surface area contributed by atoms with Gasteiger partial charge in [-0.3, -0.25) is 18.6 Å². The number of phosphoric acid groups is 1. The van der Waals surface area contributed by atoms with E-state index in [0.29, 0.717) is 17.4 Å². The number of rotatable bonds is 42. The lowest BCUT2D eigenvalue weighted by Gasteiger charge is -2.24. The molecule has 0 heterocycles. The van der Waals surface area contributed by atoms with Crippen LogP contribution >= 0.6 is 20.2 Å². The van der Waals surface area contributed by atoms with Gasteiger partial charge in [0, 0.05) is 12.8 Å². The second-order valence-corrected chi connectivity index (χ2v) is 18.3. The maximum Gasteiger partial charge on any atom is 0.472 e. The molecule has 0 spiro atoms. The number of carbonyl (C=O) groups excluding carboxylic acids is 2. The number of nitrogens with zero attached hydrogens (tertiary/aromatic N) is 1. The molecular weight excluding hydrogens is 737 g/mol. The maximum absolute atomic E-state index is 12.7. The molecule has 0 radical (unpaired) electrons. The van der Waals surface area contributed by atoms with E-state index in [1.54, 1.807) is 0 Å². The minimum Gasteiger partial charge on any atom is -0.462 e. The van der Waals surface area contributed by atoms with Gasteiger partial charge < -0.3 is 18.9 Å². The Morgan fingerprint density at radius 2 is 0.836 bits per heavy atom. The molecule has 0 aromatic rings. The molecule has 1 N–H and O–H groups in total. The molecule has 0 aliphatic carbocycles. The van der Waals surface area contributed by atoms with Crippen molar-refractivity contribution >= 4 is 32.2 Å². The Labute approximate surface area is 346 Å². The number of esters is 2. The van der Waals surface area contributed by atoms with Crippen LogP contribution in [0, 0.1) is 0 Å². The summed E-state index contributed by atoms with van der Waals surface area (Å²) in [5.74, 6) is -0.782. The highest BCUT2D eigenvalue weighted by atomic mass is 35.5. The Hall–Kier alpha value is -0.700. The van der Waals surface area contributed by atoms with Gasteiger partial charge in [0.1, 0.15) is 19.8 Å². The first-order valence-corrected chi connectivity index (χ1v) is 24.3. The van der Waals surface area contributed by atoms with Crippen LogP contribution in [0.2, 0.25) is 0 Å². The van der Waals surface area contributed by atoms with Gasteiger partial charge in [0.25, 0.3) is 0 Å². The van der Waals surface area contributed by atoms with Crippen molar-refractivity contribution in [1.29, 1.82) is 0 Å². The molecule has 11 heteroatoms. The van der Waals surface area contributed by atoms with Crippen molar-refractivity contribution < 1.29 is 42.1 Å². The fourth-order valence-electron chi connectivity index (χ4n) is 6.54. The first-order chi connectivity index (χ1) is 26.0. The van der Waals surface area contributed by atoms with E-state index in [4.69, 9.17) is 18.5 Å². The average molecular weight is 828 g/mol. The van der Waals surface area contributed by atoms with E-state index in [2.05, 4.69) is 13.8 Å². The molecule has 0 bridgehead atoms. The third-order valence-electron chi connectivity index (χ3n) is 10.1. The minimum absolute atomic E-state index is 0. The number of hydrogen-bond acceptors (Lipinski definition) is 7. The topological polar surface area (TPSA) is 108 Å². The minimum atomic E-state index is -4.37. The highest BCUT2D eigenvalue weighted by Gasteiger charge is 2.27. The quantitative estimate of drug-likeness (QED) is 0.0280. The number of likely N-dealkylation sites (N-methyl/N-ethyl adjacent to an activating group) is 1. The van der Waals surface area contributed by atoms with Crippen molar-refractivity contribution in [2.24, 2.45) is 0 Å². The SMILES string of the molecule is CCCCCCCCCCCCCCCCCC(=O)OCC(COP(=O)(O)OCC[N+](C)(C)C)OC(=O)CCCCCCCCCCCCCCCCC.Cl. The maximum atomic E-state index is 12.7. The van der Waals surface area contributed by atoms with E-state index in [1.807, 2.05) is 21.1 Å². The van der Waals surface area contributed by atoms with Crippen molar-refractivity contribution in [3.05, 3.63) is 0 Å². The second kappa shape index (κ2) is 40.1. The van der Waals surface area contributed by atoms with Crippen LogP contribution in [0.3, 0.4) is 0 Å². The summed E-state index contributed by atoms with van der Waals surface area (Å²) < 4.78 is 34.3. The van der Waals surface area contributed by atoms with Crippen molar-refractivity contribution in [1.82, 2.24) is 0 Å². The van der Waals surface area contributed by atoms with Crippen molar-refractivity contribution in [2.45, 2.75) is 225 Å². The average Bonchev–Trinajstić information content (AvgIpc) is 3.12. The summed E-state index contributed by atoms with van der Waals surface area (Å²) in [4.78, 5) is 35.4. The van der Waals surface area contributed by atoms with Crippen LogP contribution in [0.15, 0.2) is 0 Å². The number of unbranched alkanes of at least 4 members (excludes halogenated alkanes) is 28. The summed E-state index contributed by atoms with van der Waals surface area (Å²) in [6.45, 7) is 4.46. The zero-order chi connectivity index (χ0) is 40.0. The molecule has 330 valence electrons. The molecular formula is C44H90ClNO8P+. The van der Waals surface area contributed by atoms with E-state index < -0.39 is 26.5 Å². The third kappa shape index (κ3) is 44.3. The van der Waals surface area contributed by atoms with Crippen LogP contribution in [-0.2, 0) is 32.7 Å². The van der Waals surface area contributed by atoms with Gasteiger partial charge in [0.2, 0.25) is 0 Å². The largest absolute Gasteiger partial charge is 0.472 e. The molecule has 0 aromatic heterocycles. The van der Waals surface area contributed by atoms with Gasteiger partial charge in [0.15, 0.2) is 6.10 Å². The summed E-state index contributed by atoms with van der Waals surface area (Å²) in [5, 5.41) is 0. The molecule has 55 heavy (non-hydrogen) atoms. The number of halogens is 1. The zero-order valence-corrected chi connectivity index (χ0v) is 38.4. The van der Waals surface area contributed by atoms with E-state index >= 15 is 0 Å². The van der Waals surface area contributed by atoms with Crippen molar-refractivity contribution in [3.63, 3.8) is 0 Å². The monoisotopic (exact) mass is 827 g/mol. The Kier molecular flexibility index (Phi) is 41.1. The van der Waals surface area contributed by atoms with Crippen LogP contribution < -0.4 is 0 Å². The molecule has 2 atom stereocenters. The Morgan fingerprint density at radius 1 is 0.509 bits per heavy atom. The predicted molar refractivity (Wildman–Crippen MR) is 232 cm³/mol. The first kappa shape index (κ1) is 56.4. The number of carbonyl (C=O) groups is 2. The van der Waals surface area contributed by atoms with Crippen LogP contribution in [0.1, 0.15) is 219 Å². The number of quaternary nitrogens is 1. The molecule has 0 aliphatic rings. The van der Waals surface area contributed by atoms with Crippen LogP contribution in [0.5, 0.6) is 0 Å². The van der Waals surface area contributed by atoms with E-state index in [9.17, 15) is 19.0 Å². The number of phosphoric ester groups is 1. The van der Waals surface area contributed by atoms with Crippen LogP contribution in [0.4, 0.5) is 0 Å². The first-order valence-electron chi connectivity index (χ1n) is 22.8.